The maximum Gasteiger partial charge on any atom is 0.350 e. The number of aliphatic hydroxyl groups is 2. The largest absolute Gasteiger partial charge is 0.455 e. The van der Waals surface area contributed by atoms with Crippen LogP contribution in [0, 0.1) is 16.7 Å². The second kappa shape index (κ2) is 19.3. The number of carbonyl (C=O) groups is 7. The van der Waals surface area contributed by atoms with Gasteiger partial charge in [0.2, 0.25) is 12.0 Å². The molecular weight excluding hydrogens is 914 g/mol. The second-order valence-electron chi connectivity index (χ2n) is 18.8. The molecule has 3 aliphatic carbocycles. The molecule has 2 bridgehead atoms. The molecule has 1 saturated heterocycles. The molecule has 0 spiro atoms. The monoisotopic (exact) mass is 969 g/mol. The first-order chi connectivity index (χ1) is 32.5. The Bertz CT molecular complexity index is 2610. The Balaban J connectivity index is 1.45. The number of ketones is 1. The van der Waals surface area contributed by atoms with E-state index >= 15 is 9.59 Å². The highest BCUT2D eigenvalue weighted by Gasteiger charge is 2.78. The molecular formula is C52H56ClNO15. The molecule has 0 aromatic heterocycles. The van der Waals surface area contributed by atoms with Crippen LogP contribution in [0.5, 0.6) is 0 Å². The van der Waals surface area contributed by atoms with E-state index < -0.39 is 119 Å². The van der Waals surface area contributed by atoms with Crippen LogP contribution in [-0.2, 0) is 52.4 Å². The second-order valence-corrected chi connectivity index (χ2v) is 19.2. The zero-order chi connectivity index (χ0) is 50.4. The van der Waals surface area contributed by atoms with Crippen LogP contribution < -0.4 is 5.32 Å². The summed E-state index contributed by atoms with van der Waals surface area (Å²) in [7, 11) is 0. The van der Waals surface area contributed by atoms with Crippen molar-refractivity contribution in [2.75, 3.05) is 6.61 Å². The number of hydrogen-bond donors (Lipinski definition) is 3. The minimum Gasteiger partial charge on any atom is -0.455 e. The molecule has 4 aliphatic rings. The molecule has 11 atom stereocenters. The smallest absolute Gasteiger partial charge is 0.350 e. The predicted octanol–water partition coefficient (Wildman–Crippen LogP) is 5.91. The van der Waals surface area contributed by atoms with Crippen LogP contribution in [0.2, 0.25) is 5.02 Å². The van der Waals surface area contributed by atoms with Crippen molar-refractivity contribution in [3.05, 3.63) is 129 Å². The molecule has 7 rings (SSSR count). The summed E-state index contributed by atoms with van der Waals surface area (Å²) in [5.74, 6) is -8.08. The Labute approximate surface area is 404 Å². The van der Waals surface area contributed by atoms with E-state index in [-0.39, 0.29) is 45.9 Å². The quantitative estimate of drug-likeness (QED) is 0.0831. The van der Waals surface area contributed by atoms with E-state index in [1.165, 1.54) is 44.2 Å². The molecule has 69 heavy (non-hydrogen) atoms. The number of Topliss-reactive ketones (excluding diaryl/α,β-unsaturated/α-hetero) is 1. The number of amides is 1. The SMILES string of the molecule is C/C=C(\C)C(=O)N[C@@H](c1ccccc1)[C@@H](OC(=O)c1ccccc1Cl)C(=O)O[C@H]1C[C@]2(O)[C@@H](OC(=O)c3ccccc3)[C@@H]3[C@]4(OC(C)=O)CO[C@@H]4C[C@H](O)[C@@]3(C)C(=O)[C@H](OC(C)=O)C(=C1C)C2(C)C. The number of carbonyl (C=O) groups excluding carboxylic acids is 7. The van der Waals surface area contributed by atoms with E-state index in [1.54, 1.807) is 88.4 Å². The third-order valence-corrected chi connectivity index (χ3v) is 14.9. The van der Waals surface area contributed by atoms with Crippen LogP contribution in [0.3, 0.4) is 0 Å². The van der Waals surface area contributed by atoms with E-state index in [9.17, 15) is 34.2 Å². The minimum atomic E-state index is -2.47. The number of hydrogen-bond acceptors (Lipinski definition) is 15. The molecule has 366 valence electrons. The summed E-state index contributed by atoms with van der Waals surface area (Å²) in [6.07, 6.45) is -9.27. The molecule has 2 saturated carbocycles. The van der Waals surface area contributed by atoms with E-state index in [2.05, 4.69) is 5.32 Å². The molecule has 1 amide bonds. The summed E-state index contributed by atoms with van der Waals surface area (Å²) < 4.78 is 36.8. The Morgan fingerprint density at radius 2 is 1.48 bits per heavy atom. The normalized spacial score (nSPS) is 30.0. The van der Waals surface area contributed by atoms with Crippen molar-refractivity contribution >= 4 is 53.1 Å². The van der Waals surface area contributed by atoms with Gasteiger partial charge in [0, 0.05) is 37.7 Å². The summed E-state index contributed by atoms with van der Waals surface area (Å²) in [4.78, 5) is 99.3. The number of allylic oxidation sites excluding steroid dienone is 1. The molecule has 17 heteroatoms. The van der Waals surface area contributed by atoms with Gasteiger partial charge in [0.15, 0.2) is 17.5 Å². The third kappa shape index (κ3) is 8.88. The van der Waals surface area contributed by atoms with Crippen molar-refractivity contribution < 1.29 is 72.2 Å². The number of halogens is 1. The Kier molecular flexibility index (Phi) is 14.2. The Morgan fingerprint density at radius 1 is 0.855 bits per heavy atom. The molecule has 3 N–H and O–H groups in total. The Morgan fingerprint density at radius 3 is 2.06 bits per heavy atom. The summed E-state index contributed by atoms with van der Waals surface area (Å²) in [5, 5.41) is 28.9. The summed E-state index contributed by atoms with van der Waals surface area (Å²) in [5.41, 5.74) is -7.51. The summed E-state index contributed by atoms with van der Waals surface area (Å²) >= 11 is 6.42. The lowest BCUT2D eigenvalue weighted by Crippen LogP contribution is -2.82. The maximum absolute atomic E-state index is 15.7. The van der Waals surface area contributed by atoms with Gasteiger partial charge in [0.25, 0.3) is 0 Å². The lowest BCUT2D eigenvalue weighted by Gasteiger charge is -2.67. The molecule has 0 unspecified atom stereocenters. The fourth-order valence-electron chi connectivity index (χ4n) is 10.7. The maximum atomic E-state index is 15.7. The van der Waals surface area contributed by atoms with Gasteiger partial charge in [-0.2, -0.15) is 0 Å². The zero-order valence-corrected chi connectivity index (χ0v) is 40.2. The first-order valence-corrected chi connectivity index (χ1v) is 23.0. The lowest BCUT2D eigenvalue weighted by molar-refractivity contribution is -0.346. The average Bonchev–Trinajstić information content (AvgIpc) is 3.31. The van der Waals surface area contributed by atoms with Gasteiger partial charge in [-0.1, -0.05) is 92.2 Å². The van der Waals surface area contributed by atoms with Crippen LogP contribution in [0.25, 0.3) is 0 Å². The van der Waals surface area contributed by atoms with Crippen molar-refractivity contribution in [1.82, 2.24) is 5.32 Å². The van der Waals surface area contributed by atoms with E-state index in [4.69, 9.17) is 40.0 Å². The van der Waals surface area contributed by atoms with E-state index in [1.807, 2.05) is 0 Å². The van der Waals surface area contributed by atoms with Crippen LogP contribution in [-0.4, -0.2) is 106 Å². The predicted molar refractivity (Wildman–Crippen MR) is 246 cm³/mol. The summed E-state index contributed by atoms with van der Waals surface area (Å²) in [6, 6.07) is 20.5. The van der Waals surface area contributed by atoms with E-state index in [0.717, 1.165) is 13.8 Å². The van der Waals surface area contributed by atoms with Gasteiger partial charge in [-0.25, -0.2) is 14.4 Å². The number of esters is 5. The fraction of sp³-hybridized carbons (Fsp3) is 0.442. The molecule has 0 radical (unpaired) electrons. The highest BCUT2D eigenvalue weighted by molar-refractivity contribution is 6.33. The van der Waals surface area contributed by atoms with Crippen molar-refractivity contribution in [2.45, 2.75) is 122 Å². The van der Waals surface area contributed by atoms with Crippen molar-refractivity contribution in [2.24, 2.45) is 16.7 Å². The van der Waals surface area contributed by atoms with Gasteiger partial charge in [-0.05, 0) is 68.7 Å². The van der Waals surface area contributed by atoms with Crippen molar-refractivity contribution in [3.8, 4) is 0 Å². The van der Waals surface area contributed by atoms with Gasteiger partial charge in [0.05, 0.1) is 40.2 Å². The van der Waals surface area contributed by atoms with Crippen LogP contribution in [0.1, 0.15) is 101 Å². The first-order valence-electron chi connectivity index (χ1n) is 22.6. The van der Waals surface area contributed by atoms with E-state index in [0.29, 0.717) is 5.56 Å². The number of nitrogens with one attached hydrogen (secondary N) is 1. The van der Waals surface area contributed by atoms with Gasteiger partial charge < -0.3 is 44.0 Å². The Hall–Kier alpha value is -6.20. The number of benzene rings is 3. The number of rotatable bonds is 12. The highest BCUT2D eigenvalue weighted by atomic mass is 35.5. The lowest BCUT2D eigenvalue weighted by atomic mass is 9.44. The molecule has 16 nitrogen and oxygen atoms in total. The first kappa shape index (κ1) is 50.7. The molecule has 1 heterocycles. The minimum absolute atomic E-state index is 0.000133. The molecule has 3 aromatic rings. The van der Waals surface area contributed by atoms with Crippen molar-refractivity contribution in [1.29, 1.82) is 0 Å². The van der Waals surface area contributed by atoms with Crippen LogP contribution in [0.4, 0.5) is 0 Å². The average molecular weight is 970 g/mol. The zero-order valence-electron chi connectivity index (χ0n) is 39.5. The van der Waals surface area contributed by atoms with Crippen LogP contribution in [0.15, 0.2) is 108 Å². The fourth-order valence-corrected chi connectivity index (χ4v) is 10.9. The topological polar surface area (TPSA) is 227 Å². The van der Waals surface area contributed by atoms with Gasteiger partial charge in [0.1, 0.15) is 30.0 Å². The molecule has 3 aromatic carbocycles. The molecule has 1 aliphatic heterocycles. The number of aliphatic hydroxyl groups excluding tert-OH is 1. The standard InChI is InChI=1S/C52H56ClNO15/c1-9-27(2)45(59)54-39(31-18-12-10-13-19-31)41(67-47(61)33-22-16-17-23-34(33)53)48(62)66-35-25-52(63)44(68-46(60)32-20-14-11-15-21-32)42-50(8,36(57)24-37-51(42,26-64-37)69-30(5)56)43(58)40(65-29(4)55)38(28(35)3)49(52,6)7/h9-23,35-37,39-42,44,57,63H,24-26H2,1-8H3,(H,54,59)/b27-9+/t35-,36-,37+,39-,40+,41+,42-,44-,50+,51-,52-/m0/s1. The summed E-state index contributed by atoms with van der Waals surface area (Å²) in [6.45, 7) is 11.1. The van der Waals surface area contributed by atoms with Gasteiger partial charge >= 0.3 is 29.8 Å². The molecule has 3 fully saturated rings. The van der Waals surface area contributed by atoms with Gasteiger partial charge in [-0.15, -0.1) is 0 Å². The van der Waals surface area contributed by atoms with Crippen LogP contribution >= 0.6 is 11.6 Å². The number of fused-ring (bicyclic) bond motifs is 5. The highest BCUT2D eigenvalue weighted by Crippen LogP contribution is 2.64. The third-order valence-electron chi connectivity index (χ3n) is 14.5. The van der Waals surface area contributed by atoms with Crippen molar-refractivity contribution in [3.63, 3.8) is 0 Å². The number of ether oxygens (including phenoxy) is 6. The van der Waals surface area contributed by atoms with Gasteiger partial charge in [-0.3, -0.25) is 19.2 Å².